The Balaban J connectivity index is 1.73. The first-order chi connectivity index (χ1) is 12.1. The maximum absolute atomic E-state index is 12.8. The topological polar surface area (TPSA) is 54.5 Å². The van der Waals surface area contributed by atoms with Gasteiger partial charge in [-0.2, -0.15) is 11.8 Å². The van der Waals surface area contributed by atoms with Gasteiger partial charge in [-0.3, -0.25) is 4.79 Å². The fourth-order valence-corrected chi connectivity index (χ4v) is 4.35. The Bertz CT molecular complexity index is 617. The van der Waals surface area contributed by atoms with Crippen molar-refractivity contribution in [2.24, 2.45) is 0 Å². The highest BCUT2D eigenvalue weighted by molar-refractivity contribution is 7.98. The van der Waals surface area contributed by atoms with Crippen LogP contribution in [0, 0.1) is 0 Å². The lowest BCUT2D eigenvalue weighted by atomic mass is 10.1. The molecule has 1 saturated carbocycles. The normalized spacial score (nSPS) is 18.7. The lowest BCUT2D eigenvalue weighted by Gasteiger charge is -2.22. The average Bonchev–Trinajstić information content (AvgIpc) is 3.25. The summed E-state index contributed by atoms with van der Waals surface area (Å²) in [4.78, 5) is 19.5. The van der Waals surface area contributed by atoms with Crippen molar-refractivity contribution >= 4 is 17.7 Å². The summed E-state index contributed by atoms with van der Waals surface area (Å²) in [5, 5.41) is 3.52. The maximum Gasteiger partial charge on any atom is 0.256 e. The number of nitrogens with one attached hydrogen (secondary N) is 1. The molecule has 1 atom stereocenters. The van der Waals surface area contributed by atoms with Gasteiger partial charge in [0.2, 0.25) is 5.88 Å². The molecule has 1 aromatic rings. The highest BCUT2D eigenvalue weighted by Gasteiger charge is 2.35. The fourth-order valence-electron chi connectivity index (χ4n) is 3.76. The third-order valence-electron chi connectivity index (χ3n) is 5.31. The standard InChI is InChI=1S/C19H29N3O2S/c1-13(8-9-25-3)20-11-14-10-16-17(21-18(14)24-2)12-22(19(16)23)15-6-4-5-7-15/h10,13,15,20H,4-9,11-12H2,1-3H3/t13-/m1/s1. The third kappa shape index (κ3) is 4.11. The maximum atomic E-state index is 12.8. The molecule has 2 heterocycles. The summed E-state index contributed by atoms with van der Waals surface area (Å²) in [5.74, 6) is 1.93. The largest absolute Gasteiger partial charge is 0.481 e. The molecule has 1 N–H and O–H groups in total. The number of nitrogens with zero attached hydrogens (tertiary/aromatic N) is 2. The number of carbonyl (C=O) groups excluding carboxylic acids is 1. The second kappa shape index (κ2) is 8.41. The van der Waals surface area contributed by atoms with Gasteiger partial charge in [-0.05, 0) is 44.3 Å². The van der Waals surface area contributed by atoms with E-state index in [0.717, 1.165) is 41.8 Å². The molecule has 1 aromatic heterocycles. The summed E-state index contributed by atoms with van der Waals surface area (Å²) >= 11 is 1.86. The van der Waals surface area contributed by atoms with E-state index < -0.39 is 0 Å². The van der Waals surface area contributed by atoms with Crippen LogP contribution < -0.4 is 10.1 Å². The van der Waals surface area contributed by atoms with Crippen LogP contribution in [0.1, 0.15) is 60.6 Å². The van der Waals surface area contributed by atoms with Crippen molar-refractivity contribution in [3.63, 3.8) is 0 Å². The first kappa shape index (κ1) is 18.5. The SMILES string of the molecule is COc1nc2c(cc1CN[C@H](C)CCSC)C(=O)N(C1CCCC1)C2. The van der Waals surface area contributed by atoms with E-state index in [4.69, 9.17) is 4.74 Å². The molecule has 1 aliphatic heterocycles. The van der Waals surface area contributed by atoms with E-state index >= 15 is 0 Å². The molecule has 2 aliphatic rings. The summed E-state index contributed by atoms with van der Waals surface area (Å²) in [5.41, 5.74) is 2.60. The Labute approximate surface area is 154 Å². The molecule has 1 aliphatic carbocycles. The zero-order valence-corrected chi connectivity index (χ0v) is 16.3. The van der Waals surface area contributed by atoms with Gasteiger partial charge in [0.15, 0.2) is 0 Å². The van der Waals surface area contributed by atoms with Crippen LogP contribution in [0.5, 0.6) is 5.88 Å². The molecule has 25 heavy (non-hydrogen) atoms. The smallest absolute Gasteiger partial charge is 0.256 e. The van der Waals surface area contributed by atoms with Crippen molar-refractivity contribution in [3.05, 3.63) is 22.9 Å². The van der Waals surface area contributed by atoms with E-state index in [1.54, 1.807) is 7.11 Å². The Hall–Kier alpha value is -1.27. The Morgan fingerprint density at radius 2 is 2.20 bits per heavy atom. The van der Waals surface area contributed by atoms with E-state index in [-0.39, 0.29) is 5.91 Å². The van der Waals surface area contributed by atoms with E-state index in [0.29, 0.717) is 31.1 Å². The molecule has 0 saturated heterocycles. The fraction of sp³-hybridized carbons (Fsp3) is 0.684. The molecule has 1 fully saturated rings. The molecule has 1 amide bonds. The number of amides is 1. The lowest BCUT2D eigenvalue weighted by molar-refractivity contribution is 0.0706. The second-order valence-corrected chi connectivity index (χ2v) is 8.07. The highest BCUT2D eigenvalue weighted by atomic mass is 32.2. The summed E-state index contributed by atoms with van der Waals surface area (Å²) < 4.78 is 5.49. The predicted molar refractivity (Wildman–Crippen MR) is 102 cm³/mol. The minimum Gasteiger partial charge on any atom is -0.481 e. The van der Waals surface area contributed by atoms with Crippen LogP contribution in [0.2, 0.25) is 0 Å². The first-order valence-corrected chi connectivity index (χ1v) is 10.6. The van der Waals surface area contributed by atoms with E-state index in [9.17, 15) is 4.79 Å². The molecule has 6 heteroatoms. The van der Waals surface area contributed by atoms with Gasteiger partial charge >= 0.3 is 0 Å². The molecule has 0 unspecified atom stereocenters. The van der Waals surface area contributed by atoms with Crippen molar-refractivity contribution < 1.29 is 9.53 Å². The second-order valence-electron chi connectivity index (χ2n) is 7.09. The van der Waals surface area contributed by atoms with Gasteiger partial charge in [-0.25, -0.2) is 4.98 Å². The number of methoxy groups -OCH3 is 1. The molecule has 3 rings (SSSR count). The van der Waals surface area contributed by atoms with Crippen molar-refractivity contribution in [3.8, 4) is 5.88 Å². The number of hydrogen-bond donors (Lipinski definition) is 1. The summed E-state index contributed by atoms with van der Waals surface area (Å²) in [6.45, 7) is 3.50. The number of aromatic nitrogens is 1. The van der Waals surface area contributed by atoms with Gasteiger partial charge in [-0.1, -0.05) is 12.8 Å². The van der Waals surface area contributed by atoms with Crippen LogP contribution in [0.15, 0.2) is 6.07 Å². The van der Waals surface area contributed by atoms with Crippen LogP contribution in [-0.2, 0) is 13.1 Å². The molecule has 138 valence electrons. The summed E-state index contributed by atoms with van der Waals surface area (Å²) in [6, 6.07) is 2.81. The molecular weight excluding hydrogens is 334 g/mol. The highest BCUT2D eigenvalue weighted by Crippen LogP contribution is 2.33. The number of hydrogen-bond acceptors (Lipinski definition) is 5. The monoisotopic (exact) mass is 363 g/mol. The van der Waals surface area contributed by atoms with Crippen molar-refractivity contribution in [2.75, 3.05) is 19.1 Å². The van der Waals surface area contributed by atoms with Gasteiger partial charge < -0.3 is 15.0 Å². The molecule has 0 spiro atoms. The summed E-state index contributed by atoms with van der Waals surface area (Å²) in [7, 11) is 1.65. The van der Waals surface area contributed by atoms with Gasteiger partial charge in [0, 0.05) is 24.2 Å². The van der Waals surface area contributed by atoms with Crippen molar-refractivity contribution in [1.82, 2.24) is 15.2 Å². The number of carbonyl (C=O) groups is 1. The van der Waals surface area contributed by atoms with E-state index in [1.165, 1.54) is 12.8 Å². The number of fused-ring (bicyclic) bond motifs is 1. The Morgan fingerprint density at radius 3 is 2.88 bits per heavy atom. The first-order valence-electron chi connectivity index (χ1n) is 9.24. The molecule has 0 radical (unpaired) electrons. The lowest BCUT2D eigenvalue weighted by Crippen LogP contribution is -2.33. The van der Waals surface area contributed by atoms with Crippen LogP contribution in [0.25, 0.3) is 0 Å². The van der Waals surface area contributed by atoms with Crippen molar-refractivity contribution in [1.29, 1.82) is 0 Å². The predicted octanol–water partition coefficient (Wildman–Crippen LogP) is 3.22. The summed E-state index contributed by atoms with van der Waals surface area (Å²) in [6.07, 6.45) is 7.95. The quantitative estimate of drug-likeness (QED) is 0.768. The van der Waals surface area contributed by atoms with Gasteiger partial charge in [0.05, 0.1) is 24.9 Å². The van der Waals surface area contributed by atoms with Gasteiger partial charge in [0.1, 0.15) is 0 Å². The molecule has 5 nitrogen and oxygen atoms in total. The number of ether oxygens (including phenoxy) is 1. The van der Waals surface area contributed by atoms with E-state index in [2.05, 4.69) is 23.5 Å². The zero-order valence-electron chi connectivity index (χ0n) is 15.5. The molecule has 0 bridgehead atoms. The van der Waals surface area contributed by atoms with Crippen LogP contribution in [-0.4, -0.2) is 47.0 Å². The minimum absolute atomic E-state index is 0.147. The van der Waals surface area contributed by atoms with E-state index in [1.807, 2.05) is 22.7 Å². The third-order valence-corrected chi connectivity index (χ3v) is 5.95. The van der Waals surface area contributed by atoms with Crippen LogP contribution >= 0.6 is 11.8 Å². The average molecular weight is 364 g/mol. The Kier molecular flexibility index (Phi) is 6.23. The number of rotatable bonds is 8. The van der Waals surface area contributed by atoms with Crippen molar-refractivity contribution in [2.45, 2.75) is 64.2 Å². The molecular formula is C19H29N3O2S. The van der Waals surface area contributed by atoms with Crippen LogP contribution in [0.3, 0.4) is 0 Å². The number of pyridine rings is 1. The number of thioether (sulfide) groups is 1. The van der Waals surface area contributed by atoms with Gasteiger partial charge in [0.25, 0.3) is 5.91 Å². The molecule has 0 aromatic carbocycles. The Morgan fingerprint density at radius 1 is 1.44 bits per heavy atom. The van der Waals surface area contributed by atoms with Gasteiger partial charge in [-0.15, -0.1) is 0 Å². The minimum atomic E-state index is 0.147. The zero-order chi connectivity index (χ0) is 17.8. The van der Waals surface area contributed by atoms with Crippen LogP contribution in [0.4, 0.5) is 0 Å².